The molecule has 1 rings (SSSR count). The quantitative estimate of drug-likeness (QED) is 0.376. The van der Waals surface area contributed by atoms with Crippen molar-refractivity contribution in [1.82, 2.24) is 20.5 Å². The third-order valence-corrected chi connectivity index (χ3v) is 4.76. The van der Waals surface area contributed by atoms with Crippen LogP contribution < -0.4 is 10.6 Å². The molecule has 1 aromatic heterocycles. The van der Waals surface area contributed by atoms with E-state index in [9.17, 15) is 0 Å². The fourth-order valence-electron chi connectivity index (χ4n) is 2.23. The number of rotatable bonds is 10. The monoisotopic (exact) mass is 369 g/mol. The molecule has 0 unspecified atom stereocenters. The van der Waals surface area contributed by atoms with E-state index in [4.69, 9.17) is 9.72 Å². The van der Waals surface area contributed by atoms with E-state index in [0.717, 1.165) is 51.6 Å². The molecule has 0 fully saturated rings. The third-order valence-electron chi connectivity index (χ3n) is 3.85. The minimum Gasteiger partial charge on any atom is -0.385 e. The number of aliphatic imine (C=N–C) groups is 1. The van der Waals surface area contributed by atoms with Gasteiger partial charge in [-0.2, -0.15) is 0 Å². The molecule has 2 N–H and O–H groups in total. The maximum atomic E-state index is 5.08. The number of nitrogens with one attached hydrogen (secondary N) is 2. The molecule has 0 aliphatic rings. The highest BCUT2D eigenvalue weighted by Gasteiger charge is 2.17. The number of hydrogen-bond acceptors (Lipinski definition) is 5. The summed E-state index contributed by atoms with van der Waals surface area (Å²) in [5.41, 5.74) is 1.29. The zero-order chi connectivity index (χ0) is 18.7. The Balaban J connectivity index is 2.23. The molecule has 0 amide bonds. The van der Waals surface area contributed by atoms with Crippen molar-refractivity contribution < 1.29 is 4.74 Å². The molecule has 144 valence electrons. The highest BCUT2D eigenvalue weighted by atomic mass is 32.1. The van der Waals surface area contributed by atoms with Crippen LogP contribution in [0.15, 0.2) is 10.4 Å². The molecule has 1 heterocycles. The second kappa shape index (κ2) is 11.4. The predicted octanol–water partition coefficient (Wildman–Crippen LogP) is 2.12. The summed E-state index contributed by atoms with van der Waals surface area (Å²) in [6.07, 6.45) is 1.97. The van der Waals surface area contributed by atoms with Gasteiger partial charge in [0.1, 0.15) is 0 Å². The van der Waals surface area contributed by atoms with Gasteiger partial charge in [0, 0.05) is 64.2 Å². The fourth-order valence-corrected chi connectivity index (χ4v) is 3.26. The Labute approximate surface area is 157 Å². The summed E-state index contributed by atoms with van der Waals surface area (Å²) in [7, 11) is 5.67. The average Bonchev–Trinajstić information content (AvgIpc) is 3.03. The first kappa shape index (κ1) is 21.9. The minimum absolute atomic E-state index is 0.120. The standard InChI is InChI=1S/C18H35N5OS/c1-18(2,3)15-14-25-16(22-15)8-9-20-17(19-4)21-10-12-23(5)11-7-13-24-6/h14H,7-13H2,1-6H3,(H2,19,20,21). The molecule has 6 nitrogen and oxygen atoms in total. The maximum Gasteiger partial charge on any atom is 0.191 e. The maximum absolute atomic E-state index is 5.08. The number of ether oxygens (including phenoxy) is 1. The number of nitrogens with zero attached hydrogens (tertiary/aromatic N) is 3. The van der Waals surface area contributed by atoms with E-state index < -0.39 is 0 Å². The Morgan fingerprint density at radius 3 is 2.60 bits per heavy atom. The molecule has 7 heteroatoms. The minimum atomic E-state index is 0.120. The van der Waals surface area contributed by atoms with E-state index in [1.165, 1.54) is 10.7 Å². The van der Waals surface area contributed by atoms with Gasteiger partial charge in [-0.25, -0.2) is 4.98 Å². The lowest BCUT2D eigenvalue weighted by Gasteiger charge is -2.18. The molecule has 0 saturated heterocycles. The summed E-state index contributed by atoms with van der Waals surface area (Å²) in [5.74, 6) is 0.845. The van der Waals surface area contributed by atoms with Crippen molar-refractivity contribution in [1.29, 1.82) is 0 Å². The van der Waals surface area contributed by atoms with E-state index in [1.807, 2.05) is 0 Å². The van der Waals surface area contributed by atoms with Crippen molar-refractivity contribution in [2.75, 3.05) is 54.0 Å². The zero-order valence-corrected chi connectivity index (χ0v) is 17.5. The summed E-state index contributed by atoms with van der Waals surface area (Å²) >= 11 is 1.74. The Morgan fingerprint density at radius 2 is 2.00 bits per heavy atom. The van der Waals surface area contributed by atoms with Gasteiger partial charge in [0.25, 0.3) is 0 Å². The van der Waals surface area contributed by atoms with Gasteiger partial charge in [0.2, 0.25) is 0 Å². The fraction of sp³-hybridized carbons (Fsp3) is 0.778. The van der Waals surface area contributed by atoms with E-state index >= 15 is 0 Å². The van der Waals surface area contributed by atoms with Gasteiger partial charge in [-0.15, -0.1) is 11.3 Å². The predicted molar refractivity (Wildman–Crippen MR) is 108 cm³/mol. The zero-order valence-electron chi connectivity index (χ0n) is 16.7. The molecule has 0 aliphatic carbocycles. The first-order chi connectivity index (χ1) is 11.9. The number of guanidine groups is 1. The Hall–Kier alpha value is -1.18. The summed E-state index contributed by atoms with van der Waals surface area (Å²) in [4.78, 5) is 11.3. The van der Waals surface area contributed by atoms with Crippen molar-refractivity contribution in [3.63, 3.8) is 0 Å². The van der Waals surface area contributed by atoms with Gasteiger partial charge in [-0.1, -0.05) is 20.8 Å². The van der Waals surface area contributed by atoms with Crippen LogP contribution in [0.2, 0.25) is 0 Å². The molecular weight excluding hydrogens is 334 g/mol. The van der Waals surface area contributed by atoms with Gasteiger partial charge in [-0.3, -0.25) is 4.99 Å². The molecule has 1 aromatic rings. The smallest absolute Gasteiger partial charge is 0.191 e. The number of aromatic nitrogens is 1. The van der Waals surface area contributed by atoms with Crippen LogP contribution in [0.1, 0.15) is 37.9 Å². The molecule has 0 aliphatic heterocycles. The van der Waals surface area contributed by atoms with Crippen LogP contribution in [0.25, 0.3) is 0 Å². The van der Waals surface area contributed by atoms with E-state index in [0.29, 0.717) is 0 Å². The molecular formula is C18H35N5OS. The van der Waals surface area contributed by atoms with Crippen LogP contribution in [0.4, 0.5) is 0 Å². The SMILES string of the molecule is CN=C(NCCc1nc(C(C)(C)C)cs1)NCCN(C)CCCOC. The molecule has 25 heavy (non-hydrogen) atoms. The van der Waals surface area contributed by atoms with E-state index in [-0.39, 0.29) is 5.41 Å². The lowest BCUT2D eigenvalue weighted by Crippen LogP contribution is -2.41. The van der Waals surface area contributed by atoms with Gasteiger partial charge in [0.15, 0.2) is 5.96 Å². The van der Waals surface area contributed by atoms with Crippen molar-refractivity contribution in [3.8, 4) is 0 Å². The van der Waals surface area contributed by atoms with Crippen molar-refractivity contribution in [2.24, 2.45) is 4.99 Å². The molecule has 0 aromatic carbocycles. The average molecular weight is 370 g/mol. The van der Waals surface area contributed by atoms with E-state index in [1.54, 1.807) is 25.5 Å². The van der Waals surface area contributed by atoms with Gasteiger partial charge in [-0.05, 0) is 13.5 Å². The molecule has 0 radical (unpaired) electrons. The highest BCUT2D eigenvalue weighted by Crippen LogP contribution is 2.23. The lowest BCUT2D eigenvalue weighted by atomic mass is 9.93. The topological polar surface area (TPSA) is 61.8 Å². The van der Waals surface area contributed by atoms with Crippen LogP contribution >= 0.6 is 11.3 Å². The van der Waals surface area contributed by atoms with Gasteiger partial charge in [0.05, 0.1) is 10.7 Å². The number of likely N-dealkylation sites (N-methyl/N-ethyl adjacent to an activating group) is 1. The summed E-state index contributed by atoms with van der Waals surface area (Å²) < 4.78 is 5.08. The molecule has 0 bridgehead atoms. The Morgan fingerprint density at radius 1 is 1.28 bits per heavy atom. The van der Waals surface area contributed by atoms with Crippen molar-refractivity contribution in [2.45, 2.75) is 39.0 Å². The van der Waals surface area contributed by atoms with E-state index in [2.05, 4.69) is 53.7 Å². The Bertz CT molecular complexity index is 510. The third kappa shape index (κ3) is 9.18. The number of methoxy groups -OCH3 is 1. The second-order valence-electron chi connectivity index (χ2n) is 7.20. The first-order valence-electron chi connectivity index (χ1n) is 8.93. The van der Waals surface area contributed by atoms with Crippen molar-refractivity contribution >= 4 is 17.3 Å². The largest absolute Gasteiger partial charge is 0.385 e. The highest BCUT2D eigenvalue weighted by molar-refractivity contribution is 7.09. The number of thiazole rings is 1. The number of hydrogen-bond donors (Lipinski definition) is 2. The van der Waals surface area contributed by atoms with Gasteiger partial charge >= 0.3 is 0 Å². The van der Waals surface area contributed by atoms with Crippen LogP contribution in [0, 0.1) is 0 Å². The first-order valence-corrected chi connectivity index (χ1v) is 9.81. The van der Waals surface area contributed by atoms with Crippen LogP contribution in [-0.2, 0) is 16.6 Å². The van der Waals surface area contributed by atoms with Crippen LogP contribution in [-0.4, -0.2) is 69.8 Å². The molecule has 0 spiro atoms. The van der Waals surface area contributed by atoms with Gasteiger partial charge < -0.3 is 20.3 Å². The lowest BCUT2D eigenvalue weighted by molar-refractivity contribution is 0.180. The molecule has 0 saturated carbocycles. The van der Waals surface area contributed by atoms with Crippen molar-refractivity contribution in [3.05, 3.63) is 16.1 Å². The van der Waals surface area contributed by atoms with Crippen LogP contribution in [0.5, 0.6) is 0 Å². The molecule has 0 atom stereocenters. The Kier molecular flexibility index (Phi) is 10.0. The van der Waals surface area contributed by atoms with Crippen LogP contribution in [0.3, 0.4) is 0 Å². The second-order valence-corrected chi connectivity index (χ2v) is 8.14. The normalized spacial score (nSPS) is 12.7. The summed E-state index contributed by atoms with van der Waals surface area (Å²) in [6, 6.07) is 0. The summed E-state index contributed by atoms with van der Waals surface area (Å²) in [5, 5.41) is 10.1. The summed E-state index contributed by atoms with van der Waals surface area (Å²) in [6.45, 7) is 11.1.